The lowest BCUT2D eigenvalue weighted by Crippen LogP contribution is -3.13. The Bertz CT molecular complexity index is 1090. The Hall–Kier alpha value is -2.70. The van der Waals surface area contributed by atoms with E-state index >= 15 is 0 Å². The number of carbonyl (C=O) groups is 1. The van der Waals surface area contributed by atoms with Gasteiger partial charge >= 0.3 is 0 Å². The summed E-state index contributed by atoms with van der Waals surface area (Å²) in [7, 11) is 1.58. The minimum atomic E-state index is -0.192. The number of rotatable bonds is 3. The first-order valence-corrected chi connectivity index (χ1v) is 9.74. The molecule has 2 heterocycles. The molecule has 0 spiro atoms. The number of aromatic nitrogens is 2. The second-order valence-corrected chi connectivity index (χ2v) is 7.61. The molecule has 4 rings (SSSR count). The van der Waals surface area contributed by atoms with Crippen LogP contribution in [0.3, 0.4) is 0 Å². The summed E-state index contributed by atoms with van der Waals surface area (Å²) in [4.78, 5) is 28.6. The highest BCUT2D eigenvalue weighted by Crippen LogP contribution is 2.15. The molecule has 0 aliphatic carbocycles. The van der Waals surface area contributed by atoms with Gasteiger partial charge in [-0.3, -0.25) is 9.59 Å². The standard InChI is InChI=1S/C21H21ClN4O2/c1-24-20(27)18-8-3-2-7-17(18)19(23-24)21(28)26-11-9-25(10-12-26)14-15-5-4-6-16(22)13-15/h2-8,13H,9-12,14H2,1H3/p+1. The highest BCUT2D eigenvalue weighted by molar-refractivity contribution is 6.30. The number of quaternary nitrogens is 1. The average molecular weight is 398 g/mol. The van der Waals surface area contributed by atoms with Crippen LogP contribution in [0.5, 0.6) is 0 Å². The second-order valence-electron chi connectivity index (χ2n) is 7.17. The molecule has 1 aliphatic heterocycles. The molecule has 144 valence electrons. The Labute approximate surface area is 167 Å². The molecule has 1 saturated heterocycles. The summed E-state index contributed by atoms with van der Waals surface area (Å²) in [6.45, 7) is 3.94. The van der Waals surface area contributed by atoms with Gasteiger partial charge in [0.15, 0.2) is 5.69 Å². The predicted molar refractivity (Wildman–Crippen MR) is 109 cm³/mol. The monoisotopic (exact) mass is 397 g/mol. The van der Waals surface area contributed by atoms with Crippen LogP contribution in [0, 0.1) is 0 Å². The largest absolute Gasteiger partial charge is 0.328 e. The van der Waals surface area contributed by atoms with E-state index < -0.39 is 0 Å². The van der Waals surface area contributed by atoms with E-state index in [9.17, 15) is 9.59 Å². The lowest BCUT2D eigenvalue weighted by atomic mass is 10.1. The minimum Gasteiger partial charge on any atom is -0.328 e. The molecule has 1 aromatic heterocycles. The quantitative estimate of drug-likeness (QED) is 0.720. The third-order valence-electron chi connectivity index (χ3n) is 5.26. The van der Waals surface area contributed by atoms with Gasteiger partial charge in [-0.05, 0) is 18.2 Å². The van der Waals surface area contributed by atoms with E-state index in [1.54, 1.807) is 25.2 Å². The van der Waals surface area contributed by atoms with Crippen LogP contribution in [0.4, 0.5) is 0 Å². The number of nitrogens with one attached hydrogen (secondary N) is 1. The number of fused-ring (bicyclic) bond motifs is 1. The van der Waals surface area contributed by atoms with E-state index in [0.29, 0.717) is 29.6 Å². The lowest BCUT2D eigenvalue weighted by Gasteiger charge is -2.32. The van der Waals surface area contributed by atoms with Crippen molar-refractivity contribution in [3.8, 4) is 0 Å². The van der Waals surface area contributed by atoms with Crippen molar-refractivity contribution in [1.29, 1.82) is 0 Å². The van der Waals surface area contributed by atoms with Gasteiger partial charge in [0.1, 0.15) is 6.54 Å². The number of hydrogen-bond donors (Lipinski definition) is 1. The number of nitrogens with zero attached hydrogens (tertiary/aromatic N) is 3. The minimum absolute atomic E-state index is 0.117. The highest BCUT2D eigenvalue weighted by Gasteiger charge is 2.27. The van der Waals surface area contributed by atoms with Crippen molar-refractivity contribution in [3.63, 3.8) is 0 Å². The smallest absolute Gasteiger partial charge is 0.275 e. The zero-order valence-electron chi connectivity index (χ0n) is 15.7. The summed E-state index contributed by atoms with van der Waals surface area (Å²) < 4.78 is 1.25. The second kappa shape index (κ2) is 7.73. The predicted octanol–water partition coefficient (Wildman–Crippen LogP) is 1.13. The molecule has 0 unspecified atom stereocenters. The summed E-state index contributed by atoms with van der Waals surface area (Å²) in [5.41, 5.74) is 1.35. The van der Waals surface area contributed by atoms with Gasteiger partial charge in [0.2, 0.25) is 0 Å². The van der Waals surface area contributed by atoms with Crippen LogP contribution in [-0.4, -0.2) is 46.8 Å². The Morgan fingerprint density at radius 1 is 1.11 bits per heavy atom. The molecule has 7 heteroatoms. The fraction of sp³-hybridized carbons (Fsp3) is 0.286. The molecule has 0 bridgehead atoms. The molecule has 0 atom stereocenters. The third-order valence-corrected chi connectivity index (χ3v) is 5.50. The molecule has 0 saturated carbocycles. The SMILES string of the molecule is Cn1nc(C(=O)N2CC[NH+](Cc3cccc(Cl)c3)CC2)c2ccccc2c1=O. The molecular formula is C21H22ClN4O2+. The Morgan fingerprint density at radius 3 is 2.54 bits per heavy atom. The molecule has 0 radical (unpaired) electrons. The maximum Gasteiger partial charge on any atom is 0.275 e. The van der Waals surface area contributed by atoms with E-state index in [2.05, 4.69) is 11.2 Å². The van der Waals surface area contributed by atoms with Crippen molar-refractivity contribution in [2.24, 2.45) is 7.05 Å². The molecule has 1 aliphatic rings. The number of piperazine rings is 1. The number of benzene rings is 2. The van der Waals surface area contributed by atoms with E-state index in [-0.39, 0.29) is 11.5 Å². The van der Waals surface area contributed by atoms with Gasteiger partial charge in [0.05, 0.1) is 31.6 Å². The van der Waals surface area contributed by atoms with Crippen LogP contribution in [0.25, 0.3) is 10.8 Å². The average Bonchev–Trinajstić information content (AvgIpc) is 2.71. The molecule has 1 N–H and O–H groups in total. The lowest BCUT2D eigenvalue weighted by molar-refractivity contribution is -0.917. The van der Waals surface area contributed by atoms with Gasteiger partial charge < -0.3 is 9.80 Å². The highest BCUT2D eigenvalue weighted by atomic mass is 35.5. The maximum absolute atomic E-state index is 13.1. The molecule has 2 aromatic carbocycles. The van der Waals surface area contributed by atoms with Gasteiger partial charge in [-0.15, -0.1) is 0 Å². The Kier molecular flexibility index (Phi) is 5.15. The number of carbonyl (C=O) groups excluding carboxylic acids is 1. The van der Waals surface area contributed by atoms with Crippen molar-refractivity contribution in [2.75, 3.05) is 26.2 Å². The van der Waals surface area contributed by atoms with Crippen LogP contribution in [-0.2, 0) is 13.6 Å². The molecule has 3 aromatic rings. The number of halogens is 1. The topological polar surface area (TPSA) is 59.6 Å². The van der Waals surface area contributed by atoms with Gasteiger partial charge in [-0.1, -0.05) is 41.9 Å². The third kappa shape index (κ3) is 3.66. The first-order valence-electron chi connectivity index (χ1n) is 9.36. The molecule has 1 fully saturated rings. The maximum atomic E-state index is 13.1. The first kappa shape index (κ1) is 18.7. The normalized spacial score (nSPS) is 15.1. The fourth-order valence-corrected chi connectivity index (χ4v) is 3.96. The Balaban J connectivity index is 1.50. The van der Waals surface area contributed by atoms with Gasteiger partial charge in [0, 0.05) is 23.0 Å². The summed E-state index contributed by atoms with van der Waals surface area (Å²) >= 11 is 6.07. The first-order chi connectivity index (χ1) is 13.5. The summed E-state index contributed by atoms with van der Waals surface area (Å²) in [6.07, 6.45) is 0. The number of aryl methyl sites for hydroxylation is 1. The fourth-order valence-electron chi connectivity index (χ4n) is 3.75. The van der Waals surface area contributed by atoms with E-state index in [0.717, 1.165) is 24.7 Å². The summed E-state index contributed by atoms with van der Waals surface area (Å²) in [6, 6.07) is 15.1. The van der Waals surface area contributed by atoms with Crippen molar-refractivity contribution < 1.29 is 9.69 Å². The molecule has 28 heavy (non-hydrogen) atoms. The van der Waals surface area contributed by atoms with Crippen LogP contribution in [0.1, 0.15) is 16.1 Å². The van der Waals surface area contributed by atoms with Crippen LogP contribution in [0.15, 0.2) is 53.3 Å². The van der Waals surface area contributed by atoms with Gasteiger partial charge in [0.25, 0.3) is 11.5 Å². The zero-order valence-corrected chi connectivity index (χ0v) is 16.4. The van der Waals surface area contributed by atoms with Crippen molar-refractivity contribution >= 4 is 28.3 Å². The van der Waals surface area contributed by atoms with Gasteiger partial charge in [-0.25, -0.2) is 4.68 Å². The molecular weight excluding hydrogens is 376 g/mol. The van der Waals surface area contributed by atoms with E-state index in [1.165, 1.54) is 15.1 Å². The number of amides is 1. The van der Waals surface area contributed by atoms with Crippen molar-refractivity contribution in [3.05, 3.63) is 75.2 Å². The number of hydrogen-bond acceptors (Lipinski definition) is 3. The Morgan fingerprint density at radius 2 is 1.82 bits per heavy atom. The van der Waals surface area contributed by atoms with Crippen LogP contribution >= 0.6 is 11.6 Å². The van der Waals surface area contributed by atoms with Crippen LogP contribution < -0.4 is 10.5 Å². The van der Waals surface area contributed by atoms with Crippen molar-refractivity contribution in [2.45, 2.75) is 6.54 Å². The van der Waals surface area contributed by atoms with E-state index in [4.69, 9.17) is 11.6 Å². The zero-order chi connectivity index (χ0) is 19.7. The van der Waals surface area contributed by atoms with Crippen molar-refractivity contribution in [1.82, 2.24) is 14.7 Å². The summed E-state index contributed by atoms with van der Waals surface area (Å²) in [5, 5.41) is 6.15. The van der Waals surface area contributed by atoms with Crippen LogP contribution in [0.2, 0.25) is 5.02 Å². The van der Waals surface area contributed by atoms with Gasteiger partial charge in [-0.2, -0.15) is 5.10 Å². The molecule has 1 amide bonds. The summed E-state index contributed by atoms with van der Waals surface area (Å²) in [5.74, 6) is -0.117. The molecule has 6 nitrogen and oxygen atoms in total. The van der Waals surface area contributed by atoms with E-state index in [1.807, 2.05) is 29.2 Å².